The van der Waals surface area contributed by atoms with E-state index in [0.29, 0.717) is 18.7 Å². The van der Waals surface area contributed by atoms with Gasteiger partial charge in [-0.25, -0.2) is 4.79 Å². The van der Waals surface area contributed by atoms with Gasteiger partial charge in [-0.15, -0.1) is 0 Å². The summed E-state index contributed by atoms with van der Waals surface area (Å²) in [5, 5.41) is 14.2. The minimum absolute atomic E-state index is 0.266. The highest BCUT2D eigenvalue weighted by molar-refractivity contribution is 5.73. The minimum Gasteiger partial charge on any atom is -0.334 e. The molecule has 0 spiro atoms. The maximum absolute atomic E-state index is 11.6. The summed E-state index contributed by atoms with van der Waals surface area (Å²) < 4.78 is 0. The van der Waals surface area contributed by atoms with E-state index in [1.54, 1.807) is 24.4 Å². The number of carbonyl (C=O) groups is 1. The second-order valence-corrected chi connectivity index (χ2v) is 4.17. The van der Waals surface area contributed by atoms with Gasteiger partial charge in [0.25, 0.3) is 0 Å². The largest absolute Gasteiger partial charge is 0.334 e. The highest BCUT2D eigenvalue weighted by Gasteiger charge is 2.01. The van der Waals surface area contributed by atoms with Crippen molar-refractivity contribution in [1.29, 1.82) is 5.26 Å². The van der Waals surface area contributed by atoms with Gasteiger partial charge in [0.2, 0.25) is 0 Å². The lowest BCUT2D eigenvalue weighted by molar-refractivity contribution is 0.240. The Kier molecular flexibility index (Phi) is 4.68. The zero-order valence-corrected chi connectivity index (χ0v) is 10.8. The van der Waals surface area contributed by atoms with Gasteiger partial charge in [-0.1, -0.05) is 18.2 Å². The molecule has 0 saturated heterocycles. The molecule has 0 aliphatic rings. The number of aromatic nitrogens is 1. The number of pyridine rings is 1. The fourth-order valence-corrected chi connectivity index (χ4v) is 1.67. The fraction of sp³-hybridized carbons (Fsp3) is 0.133. The van der Waals surface area contributed by atoms with Crippen molar-refractivity contribution in [3.8, 4) is 6.07 Å². The molecular weight excluding hydrogens is 252 g/mol. The maximum atomic E-state index is 11.6. The number of carbonyl (C=O) groups excluding carboxylic acids is 1. The lowest BCUT2D eigenvalue weighted by Gasteiger charge is -2.07. The highest BCUT2D eigenvalue weighted by Crippen LogP contribution is 2.03. The van der Waals surface area contributed by atoms with Crippen LogP contribution in [0.2, 0.25) is 0 Å². The van der Waals surface area contributed by atoms with Crippen LogP contribution in [-0.2, 0) is 13.1 Å². The van der Waals surface area contributed by atoms with Crippen molar-refractivity contribution in [2.24, 2.45) is 0 Å². The second kappa shape index (κ2) is 6.90. The van der Waals surface area contributed by atoms with E-state index in [9.17, 15) is 4.79 Å². The van der Waals surface area contributed by atoms with Gasteiger partial charge in [-0.3, -0.25) is 4.98 Å². The normalized spacial score (nSPS) is 9.55. The lowest BCUT2D eigenvalue weighted by atomic mass is 10.1. The van der Waals surface area contributed by atoms with Gasteiger partial charge in [-0.05, 0) is 29.8 Å². The van der Waals surface area contributed by atoms with Crippen LogP contribution in [0.1, 0.15) is 16.8 Å². The Balaban J connectivity index is 1.79. The molecule has 0 radical (unpaired) electrons. The topological polar surface area (TPSA) is 77.8 Å². The molecule has 2 amide bonds. The maximum Gasteiger partial charge on any atom is 0.315 e. The van der Waals surface area contributed by atoms with Gasteiger partial charge < -0.3 is 10.6 Å². The summed E-state index contributed by atoms with van der Waals surface area (Å²) in [6, 6.07) is 14.5. The SMILES string of the molecule is N#Cc1cccc(CNC(=O)NCc2ccccn2)c1. The van der Waals surface area contributed by atoms with E-state index in [1.807, 2.05) is 24.3 Å². The smallest absolute Gasteiger partial charge is 0.315 e. The molecule has 2 N–H and O–H groups in total. The van der Waals surface area contributed by atoms with Crippen molar-refractivity contribution >= 4 is 6.03 Å². The molecule has 0 atom stereocenters. The number of amides is 2. The number of rotatable bonds is 4. The van der Waals surface area contributed by atoms with Crippen molar-refractivity contribution in [2.75, 3.05) is 0 Å². The molecule has 0 aliphatic carbocycles. The zero-order valence-electron chi connectivity index (χ0n) is 10.8. The Morgan fingerprint density at radius 3 is 2.75 bits per heavy atom. The summed E-state index contributed by atoms with van der Waals surface area (Å²) in [6.45, 7) is 0.758. The van der Waals surface area contributed by atoms with Gasteiger partial charge in [0, 0.05) is 12.7 Å². The molecule has 0 unspecified atom stereocenters. The molecule has 5 nitrogen and oxygen atoms in total. The summed E-state index contributed by atoms with van der Waals surface area (Å²) in [6.07, 6.45) is 1.68. The Morgan fingerprint density at radius 2 is 2.00 bits per heavy atom. The van der Waals surface area contributed by atoms with Crippen LogP contribution in [0.25, 0.3) is 0 Å². The van der Waals surface area contributed by atoms with Crippen molar-refractivity contribution < 1.29 is 4.79 Å². The Bertz CT molecular complexity index is 619. The van der Waals surface area contributed by atoms with Crippen LogP contribution in [0.15, 0.2) is 48.7 Å². The lowest BCUT2D eigenvalue weighted by Crippen LogP contribution is -2.34. The monoisotopic (exact) mass is 266 g/mol. The van der Waals surface area contributed by atoms with Crippen molar-refractivity contribution in [1.82, 2.24) is 15.6 Å². The Hall–Kier alpha value is -2.87. The average Bonchev–Trinajstić information content (AvgIpc) is 2.52. The fourth-order valence-electron chi connectivity index (χ4n) is 1.67. The average molecular weight is 266 g/mol. The van der Waals surface area contributed by atoms with Gasteiger partial charge in [0.15, 0.2) is 0 Å². The molecule has 0 saturated carbocycles. The van der Waals surface area contributed by atoms with Crippen molar-refractivity contribution in [3.63, 3.8) is 0 Å². The third kappa shape index (κ3) is 4.10. The van der Waals surface area contributed by atoms with Crippen LogP contribution < -0.4 is 10.6 Å². The van der Waals surface area contributed by atoms with Gasteiger partial charge in [0.1, 0.15) is 0 Å². The predicted octanol–water partition coefficient (Wildman–Crippen LogP) is 1.95. The van der Waals surface area contributed by atoms with Gasteiger partial charge in [0.05, 0.1) is 23.9 Å². The van der Waals surface area contributed by atoms with Gasteiger partial charge >= 0.3 is 6.03 Å². The van der Waals surface area contributed by atoms with E-state index in [2.05, 4.69) is 21.7 Å². The van der Waals surface area contributed by atoms with Crippen molar-refractivity contribution in [3.05, 3.63) is 65.5 Å². The number of nitrogens with zero attached hydrogens (tertiary/aromatic N) is 2. The highest BCUT2D eigenvalue weighted by atomic mass is 16.2. The molecule has 0 bridgehead atoms. The van der Waals surface area contributed by atoms with Crippen LogP contribution in [0.4, 0.5) is 4.79 Å². The summed E-state index contributed by atoms with van der Waals surface area (Å²) in [7, 11) is 0. The molecule has 1 heterocycles. The van der Waals surface area contributed by atoms with Crippen LogP contribution in [0, 0.1) is 11.3 Å². The molecule has 20 heavy (non-hydrogen) atoms. The van der Waals surface area contributed by atoms with Crippen LogP contribution in [0.3, 0.4) is 0 Å². The molecule has 0 fully saturated rings. The predicted molar refractivity (Wildman–Crippen MR) is 74.5 cm³/mol. The molecule has 1 aromatic heterocycles. The van der Waals surface area contributed by atoms with E-state index in [0.717, 1.165) is 11.3 Å². The second-order valence-electron chi connectivity index (χ2n) is 4.17. The molecule has 1 aromatic carbocycles. The summed E-state index contributed by atoms with van der Waals surface area (Å²) in [4.78, 5) is 15.7. The minimum atomic E-state index is -0.266. The Labute approximate surface area is 117 Å². The molecule has 2 aromatic rings. The van der Waals surface area contributed by atoms with Crippen LogP contribution >= 0.6 is 0 Å². The molecular formula is C15H14N4O. The number of nitriles is 1. The number of urea groups is 1. The quantitative estimate of drug-likeness (QED) is 0.887. The van der Waals surface area contributed by atoms with Gasteiger partial charge in [-0.2, -0.15) is 5.26 Å². The van der Waals surface area contributed by atoms with Crippen molar-refractivity contribution in [2.45, 2.75) is 13.1 Å². The van der Waals surface area contributed by atoms with Crippen LogP contribution in [0.5, 0.6) is 0 Å². The number of hydrogen-bond donors (Lipinski definition) is 2. The number of hydrogen-bond acceptors (Lipinski definition) is 3. The first-order valence-electron chi connectivity index (χ1n) is 6.18. The first kappa shape index (κ1) is 13.6. The first-order valence-corrected chi connectivity index (χ1v) is 6.18. The molecule has 100 valence electrons. The van der Waals surface area contributed by atoms with E-state index >= 15 is 0 Å². The Morgan fingerprint density at radius 1 is 1.15 bits per heavy atom. The number of nitrogens with one attached hydrogen (secondary N) is 2. The molecule has 2 rings (SSSR count). The first-order chi connectivity index (χ1) is 9.78. The molecule has 0 aliphatic heterocycles. The molecule has 5 heteroatoms. The van der Waals surface area contributed by atoms with Crippen LogP contribution in [-0.4, -0.2) is 11.0 Å². The summed E-state index contributed by atoms with van der Waals surface area (Å²) in [5.74, 6) is 0. The third-order valence-electron chi connectivity index (χ3n) is 2.67. The third-order valence-corrected chi connectivity index (χ3v) is 2.67. The zero-order chi connectivity index (χ0) is 14.2. The van der Waals surface area contributed by atoms with E-state index in [1.165, 1.54) is 0 Å². The van der Waals surface area contributed by atoms with E-state index < -0.39 is 0 Å². The number of benzene rings is 1. The summed E-state index contributed by atoms with van der Waals surface area (Å²) in [5.41, 5.74) is 2.27. The van der Waals surface area contributed by atoms with E-state index in [4.69, 9.17) is 5.26 Å². The standard InChI is InChI=1S/C15H14N4O/c16-9-12-4-3-5-13(8-12)10-18-15(20)19-11-14-6-1-2-7-17-14/h1-8H,10-11H2,(H2,18,19,20). The van der Waals surface area contributed by atoms with E-state index in [-0.39, 0.29) is 6.03 Å². The summed E-state index contributed by atoms with van der Waals surface area (Å²) >= 11 is 0.